The summed E-state index contributed by atoms with van der Waals surface area (Å²) in [6.45, 7) is 1.78. The molecule has 1 aliphatic carbocycles. The Bertz CT molecular complexity index is 941. The smallest absolute Gasteiger partial charge is 0.381 e. The van der Waals surface area contributed by atoms with E-state index in [4.69, 9.17) is 4.74 Å². The van der Waals surface area contributed by atoms with Gasteiger partial charge in [0.05, 0.1) is 21.8 Å². The number of ether oxygens (including phenoxy) is 1. The van der Waals surface area contributed by atoms with Gasteiger partial charge in [-0.25, -0.2) is 8.42 Å². The van der Waals surface area contributed by atoms with Gasteiger partial charge in [-0.1, -0.05) is 6.07 Å². The van der Waals surface area contributed by atoms with E-state index in [2.05, 4.69) is 4.98 Å². The van der Waals surface area contributed by atoms with Crippen molar-refractivity contribution in [3.8, 4) is 11.1 Å². The molecule has 2 atom stereocenters. The molecule has 0 unspecified atom stereocenters. The molecule has 1 fully saturated rings. The van der Waals surface area contributed by atoms with Gasteiger partial charge in [0.2, 0.25) is 0 Å². The number of pyridine rings is 1. The average molecular weight is 399 g/mol. The van der Waals surface area contributed by atoms with Gasteiger partial charge in [-0.05, 0) is 55.5 Å². The highest BCUT2D eigenvalue weighted by molar-refractivity contribution is 7.92. The molecule has 2 aromatic rings. The summed E-state index contributed by atoms with van der Waals surface area (Å²) in [5.41, 5.74) is 0.445. The van der Waals surface area contributed by atoms with Gasteiger partial charge >= 0.3 is 6.18 Å². The Hall–Kier alpha value is -1.93. The molecule has 0 aliphatic heterocycles. The number of aromatic nitrogens is 1. The monoisotopic (exact) mass is 399 g/mol. The lowest BCUT2D eigenvalue weighted by atomic mass is 10.0. The minimum atomic E-state index is -4.78. The Labute approximate surface area is 156 Å². The predicted octanol–water partition coefficient (Wildman–Crippen LogP) is 4.42. The zero-order valence-corrected chi connectivity index (χ0v) is 15.8. The quantitative estimate of drug-likeness (QED) is 0.764. The van der Waals surface area contributed by atoms with Crippen molar-refractivity contribution in [2.24, 2.45) is 0 Å². The SMILES string of the molecule is CO[C@@H]1CC[C@@H](S(=O)(=O)c2ccc(-c3cncc(C)c3)cc2C(F)(F)F)C1. The molecule has 1 saturated carbocycles. The van der Waals surface area contributed by atoms with E-state index in [0.29, 0.717) is 18.4 Å². The summed E-state index contributed by atoms with van der Waals surface area (Å²) in [6.07, 6.45) is -0.946. The third-order valence-corrected chi connectivity index (χ3v) is 7.18. The van der Waals surface area contributed by atoms with Crippen LogP contribution in [0.4, 0.5) is 13.2 Å². The second-order valence-electron chi connectivity index (χ2n) is 6.80. The highest BCUT2D eigenvalue weighted by Crippen LogP contribution is 2.40. The first-order valence-electron chi connectivity index (χ1n) is 8.53. The van der Waals surface area contributed by atoms with E-state index in [1.807, 2.05) is 0 Å². The zero-order chi connectivity index (χ0) is 19.8. The number of alkyl halides is 3. The first-order valence-corrected chi connectivity index (χ1v) is 10.1. The number of nitrogens with zero attached hydrogens (tertiary/aromatic N) is 1. The minimum Gasteiger partial charge on any atom is -0.381 e. The van der Waals surface area contributed by atoms with Gasteiger partial charge < -0.3 is 4.74 Å². The number of hydrogen-bond donors (Lipinski definition) is 0. The van der Waals surface area contributed by atoms with Gasteiger partial charge in [-0.2, -0.15) is 13.2 Å². The van der Waals surface area contributed by atoms with Crippen LogP contribution in [0, 0.1) is 6.92 Å². The number of hydrogen-bond acceptors (Lipinski definition) is 4. The van der Waals surface area contributed by atoms with E-state index in [9.17, 15) is 21.6 Å². The minimum absolute atomic E-state index is 0.208. The largest absolute Gasteiger partial charge is 0.417 e. The summed E-state index contributed by atoms with van der Waals surface area (Å²) in [5, 5.41) is -0.866. The van der Waals surface area contributed by atoms with Gasteiger partial charge in [0.25, 0.3) is 0 Å². The molecule has 0 N–H and O–H groups in total. The number of sulfone groups is 1. The van der Waals surface area contributed by atoms with Crippen LogP contribution < -0.4 is 0 Å². The Morgan fingerprint density at radius 3 is 2.44 bits per heavy atom. The van der Waals surface area contributed by atoms with Gasteiger partial charge in [-0.3, -0.25) is 4.98 Å². The molecule has 4 nitrogen and oxygen atoms in total. The third-order valence-electron chi connectivity index (χ3n) is 4.91. The molecule has 0 bridgehead atoms. The second-order valence-corrected chi connectivity index (χ2v) is 8.99. The van der Waals surface area contributed by atoms with Gasteiger partial charge in [0.1, 0.15) is 0 Å². The average Bonchev–Trinajstić information content (AvgIpc) is 3.10. The summed E-state index contributed by atoms with van der Waals surface area (Å²) in [4.78, 5) is 3.33. The molecule has 0 amide bonds. The molecule has 1 aromatic carbocycles. The van der Waals surface area contributed by atoms with E-state index in [-0.39, 0.29) is 18.1 Å². The Balaban J connectivity index is 2.08. The lowest BCUT2D eigenvalue weighted by molar-refractivity contribution is -0.139. The molecule has 3 rings (SSSR count). The van der Waals surface area contributed by atoms with Crippen LogP contribution in [0.2, 0.25) is 0 Å². The first-order chi connectivity index (χ1) is 12.6. The second kappa shape index (κ2) is 7.24. The van der Waals surface area contributed by atoms with Crippen LogP contribution in [-0.4, -0.2) is 31.9 Å². The van der Waals surface area contributed by atoms with E-state index >= 15 is 0 Å². The van der Waals surface area contributed by atoms with Crippen molar-refractivity contribution in [2.45, 2.75) is 48.6 Å². The van der Waals surface area contributed by atoms with Gasteiger partial charge in [0, 0.05) is 25.1 Å². The summed E-state index contributed by atoms with van der Waals surface area (Å²) in [7, 11) is -2.64. The van der Waals surface area contributed by atoms with Gasteiger partial charge in [-0.15, -0.1) is 0 Å². The lowest BCUT2D eigenvalue weighted by Gasteiger charge is -2.18. The molecule has 27 heavy (non-hydrogen) atoms. The predicted molar refractivity (Wildman–Crippen MR) is 95.0 cm³/mol. The summed E-state index contributed by atoms with van der Waals surface area (Å²) in [6, 6.07) is 5.07. The van der Waals surface area contributed by atoms with Crippen molar-refractivity contribution < 1.29 is 26.3 Å². The van der Waals surface area contributed by atoms with Crippen molar-refractivity contribution in [2.75, 3.05) is 7.11 Å². The molecule has 146 valence electrons. The number of halogens is 3. The maximum absolute atomic E-state index is 13.7. The van der Waals surface area contributed by atoms with E-state index in [1.165, 1.54) is 19.4 Å². The molecule has 1 aromatic heterocycles. The van der Waals surface area contributed by atoms with Crippen molar-refractivity contribution >= 4 is 9.84 Å². The summed E-state index contributed by atoms with van der Waals surface area (Å²) < 4.78 is 72.0. The van der Waals surface area contributed by atoms with Gasteiger partial charge in [0.15, 0.2) is 9.84 Å². The molecule has 0 radical (unpaired) electrons. The molecule has 0 saturated heterocycles. The maximum atomic E-state index is 13.7. The van der Waals surface area contributed by atoms with Crippen LogP contribution >= 0.6 is 0 Å². The lowest BCUT2D eigenvalue weighted by Crippen LogP contribution is -2.23. The normalized spacial score (nSPS) is 20.8. The van der Waals surface area contributed by atoms with E-state index in [0.717, 1.165) is 17.7 Å². The zero-order valence-electron chi connectivity index (χ0n) is 15.0. The number of aryl methyl sites for hydroxylation is 1. The van der Waals surface area contributed by atoms with Crippen LogP contribution in [0.5, 0.6) is 0 Å². The van der Waals surface area contributed by atoms with E-state index in [1.54, 1.807) is 19.2 Å². The highest BCUT2D eigenvalue weighted by atomic mass is 32.2. The van der Waals surface area contributed by atoms with Crippen LogP contribution in [0.25, 0.3) is 11.1 Å². The fourth-order valence-corrected chi connectivity index (χ4v) is 5.48. The third kappa shape index (κ3) is 4.01. The van der Waals surface area contributed by atoms with E-state index < -0.39 is 31.7 Å². The standard InChI is InChI=1S/C19H20F3NO3S/c1-12-7-14(11-23-10-12)13-3-6-18(17(8-13)19(20,21)22)27(24,25)16-5-4-15(9-16)26-2/h3,6-8,10-11,15-16H,4-5,9H2,1-2H3/t15-,16-/m1/s1. The molecule has 0 spiro atoms. The highest BCUT2D eigenvalue weighted by Gasteiger charge is 2.42. The number of methoxy groups -OCH3 is 1. The molecule has 1 heterocycles. The van der Waals surface area contributed by atoms with Crippen molar-refractivity contribution in [3.63, 3.8) is 0 Å². The van der Waals surface area contributed by atoms with Crippen molar-refractivity contribution in [1.82, 2.24) is 4.98 Å². The van der Waals surface area contributed by atoms with Crippen LogP contribution in [0.15, 0.2) is 41.6 Å². The topological polar surface area (TPSA) is 56.3 Å². The Morgan fingerprint density at radius 2 is 1.85 bits per heavy atom. The van der Waals surface area contributed by atoms with Crippen molar-refractivity contribution in [1.29, 1.82) is 0 Å². The van der Waals surface area contributed by atoms with Crippen LogP contribution in [0.1, 0.15) is 30.4 Å². The molecular weight excluding hydrogens is 379 g/mol. The van der Waals surface area contributed by atoms with Crippen LogP contribution in [-0.2, 0) is 20.8 Å². The first kappa shape index (κ1) is 19.8. The number of benzene rings is 1. The van der Waals surface area contributed by atoms with Crippen LogP contribution in [0.3, 0.4) is 0 Å². The Morgan fingerprint density at radius 1 is 1.11 bits per heavy atom. The number of rotatable bonds is 4. The molecule has 8 heteroatoms. The molecule has 1 aliphatic rings. The summed E-state index contributed by atoms with van der Waals surface area (Å²) >= 11 is 0. The Kier molecular flexibility index (Phi) is 5.31. The fourth-order valence-electron chi connectivity index (χ4n) is 3.47. The molecular formula is C19H20F3NO3S. The fraction of sp³-hybridized carbons (Fsp3) is 0.421. The maximum Gasteiger partial charge on any atom is 0.417 e. The summed E-state index contributed by atoms with van der Waals surface area (Å²) in [5.74, 6) is 0. The van der Waals surface area contributed by atoms with Crippen molar-refractivity contribution in [3.05, 3.63) is 47.8 Å².